The van der Waals surface area contributed by atoms with Crippen LogP contribution < -0.4 is 10.1 Å². The molecule has 0 aromatic heterocycles. The van der Waals surface area contributed by atoms with Gasteiger partial charge < -0.3 is 29.7 Å². The lowest BCUT2D eigenvalue weighted by Crippen LogP contribution is -2.48. The lowest BCUT2D eigenvalue weighted by Gasteiger charge is -2.38. The van der Waals surface area contributed by atoms with Gasteiger partial charge in [-0.1, -0.05) is 0 Å². The van der Waals surface area contributed by atoms with E-state index in [4.69, 9.17) is 9.47 Å². The Labute approximate surface area is 183 Å². The van der Waals surface area contributed by atoms with E-state index in [-0.39, 0.29) is 36.5 Å². The number of fused-ring (bicyclic) bond motifs is 3. The van der Waals surface area contributed by atoms with Gasteiger partial charge in [-0.3, -0.25) is 9.59 Å². The number of rotatable bonds is 6. The molecule has 1 aromatic rings. The average molecular weight is 432 g/mol. The molecule has 0 radical (unpaired) electrons. The normalized spacial score (nSPS) is 27.4. The second-order valence-electron chi connectivity index (χ2n) is 9.09. The minimum atomic E-state index is -0.475. The predicted octanol–water partition coefficient (Wildman–Crippen LogP) is 1.58. The van der Waals surface area contributed by atoms with Crippen LogP contribution in [-0.4, -0.2) is 85.4 Å². The van der Waals surface area contributed by atoms with Gasteiger partial charge in [0.1, 0.15) is 18.0 Å². The minimum absolute atomic E-state index is 0.0192. The van der Waals surface area contributed by atoms with Crippen molar-refractivity contribution in [2.24, 2.45) is 0 Å². The van der Waals surface area contributed by atoms with Crippen LogP contribution in [0.5, 0.6) is 5.75 Å². The average Bonchev–Trinajstić information content (AvgIpc) is 3.11. The number of likely N-dealkylation sites (N-methyl/N-ethyl adjacent to an activating group) is 1. The standard InChI is InChI=1S/C23H33N3O5/c1-25(2)13-21(28)24-15-6-7-19-17(10-15)18-11-16(30-20(14-27)23(18)31-19)12-22(29)26-8-4-3-5-9-26/h6-7,10,16,18,20,23,27H,3-5,8-9,11-14H2,1-2H3,(H,24,28)/t16-,18-,20+,23+/m0/s1. The summed E-state index contributed by atoms with van der Waals surface area (Å²) >= 11 is 0. The molecule has 3 aliphatic rings. The van der Waals surface area contributed by atoms with Crippen LogP contribution in [0.15, 0.2) is 18.2 Å². The van der Waals surface area contributed by atoms with Crippen LogP contribution in [0.2, 0.25) is 0 Å². The van der Waals surface area contributed by atoms with Gasteiger partial charge in [0.2, 0.25) is 11.8 Å². The molecule has 1 aromatic carbocycles. The zero-order valence-electron chi connectivity index (χ0n) is 18.4. The number of benzene rings is 1. The summed E-state index contributed by atoms with van der Waals surface area (Å²) in [4.78, 5) is 28.7. The molecular weight excluding hydrogens is 398 g/mol. The summed E-state index contributed by atoms with van der Waals surface area (Å²) in [6.45, 7) is 1.79. The summed E-state index contributed by atoms with van der Waals surface area (Å²) in [6, 6.07) is 5.65. The monoisotopic (exact) mass is 431 g/mol. The van der Waals surface area contributed by atoms with Crippen molar-refractivity contribution in [2.75, 3.05) is 45.7 Å². The highest BCUT2D eigenvalue weighted by atomic mass is 16.6. The Balaban J connectivity index is 1.47. The second-order valence-corrected chi connectivity index (χ2v) is 9.09. The Bertz CT molecular complexity index is 808. The summed E-state index contributed by atoms with van der Waals surface area (Å²) in [6.07, 6.45) is 3.27. The number of nitrogens with one attached hydrogen (secondary N) is 1. The first kappa shape index (κ1) is 22.0. The number of carbonyl (C=O) groups is 2. The van der Waals surface area contributed by atoms with Gasteiger partial charge in [0.15, 0.2) is 0 Å². The van der Waals surface area contributed by atoms with Gasteiger partial charge in [-0.05, 0) is 58.0 Å². The number of nitrogens with zero attached hydrogens (tertiary/aromatic N) is 2. The molecule has 4 atom stereocenters. The number of ether oxygens (including phenoxy) is 2. The molecule has 0 aliphatic carbocycles. The van der Waals surface area contributed by atoms with E-state index in [1.807, 2.05) is 42.1 Å². The molecule has 31 heavy (non-hydrogen) atoms. The van der Waals surface area contributed by atoms with Crippen molar-refractivity contribution >= 4 is 17.5 Å². The Morgan fingerprint density at radius 2 is 2.00 bits per heavy atom. The van der Waals surface area contributed by atoms with E-state index in [1.54, 1.807) is 0 Å². The highest BCUT2D eigenvalue weighted by molar-refractivity contribution is 5.92. The molecule has 2 fully saturated rings. The van der Waals surface area contributed by atoms with Crippen LogP contribution >= 0.6 is 0 Å². The number of amides is 2. The van der Waals surface area contributed by atoms with Crippen molar-refractivity contribution in [3.05, 3.63) is 23.8 Å². The van der Waals surface area contributed by atoms with Crippen molar-refractivity contribution < 1.29 is 24.2 Å². The molecule has 0 unspecified atom stereocenters. The van der Waals surface area contributed by atoms with Gasteiger partial charge >= 0.3 is 0 Å². The van der Waals surface area contributed by atoms with Gasteiger partial charge in [0.25, 0.3) is 0 Å². The summed E-state index contributed by atoms with van der Waals surface area (Å²) in [7, 11) is 3.70. The highest BCUT2D eigenvalue weighted by Gasteiger charge is 2.46. The lowest BCUT2D eigenvalue weighted by molar-refractivity contribution is -0.149. The Hall–Kier alpha value is -2.16. The summed E-state index contributed by atoms with van der Waals surface area (Å²) in [5.74, 6) is 0.825. The summed E-state index contributed by atoms with van der Waals surface area (Å²) < 4.78 is 12.2. The van der Waals surface area contributed by atoms with Crippen molar-refractivity contribution in [3.8, 4) is 5.75 Å². The first-order valence-electron chi connectivity index (χ1n) is 11.2. The third-order valence-corrected chi connectivity index (χ3v) is 6.35. The van der Waals surface area contributed by atoms with Crippen molar-refractivity contribution in [1.82, 2.24) is 9.80 Å². The van der Waals surface area contributed by atoms with Crippen molar-refractivity contribution in [2.45, 2.75) is 56.3 Å². The molecule has 4 rings (SSSR count). The molecule has 8 nitrogen and oxygen atoms in total. The first-order valence-corrected chi connectivity index (χ1v) is 11.2. The Kier molecular flexibility index (Phi) is 6.79. The van der Waals surface area contributed by atoms with Crippen LogP contribution in [0, 0.1) is 0 Å². The number of likely N-dealkylation sites (tertiary alicyclic amines) is 1. The van der Waals surface area contributed by atoms with Gasteiger partial charge in [-0.25, -0.2) is 0 Å². The maximum atomic E-state index is 12.8. The molecule has 0 bridgehead atoms. The minimum Gasteiger partial charge on any atom is -0.487 e. The smallest absolute Gasteiger partial charge is 0.238 e. The molecule has 0 spiro atoms. The third-order valence-electron chi connectivity index (χ3n) is 6.35. The zero-order chi connectivity index (χ0) is 22.0. The molecule has 8 heteroatoms. The quantitative estimate of drug-likeness (QED) is 0.711. The zero-order valence-corrected chi connectivity index (χ0v) is 18.4. The molecule has 170 valence electrons. The number of aliphatic hydroxyl groups excluding tert-OH is 1. The number of aliphatic hydroxyl groups is 1. The van der Waals surface area contributed by atoms with Gasteiger partial charge in [0, 0.05) is 30.3 Å². The fourth-order valence-corrected chi connectivity index (χ4v) is 4.92. The Morgan fingerprint density at radius 1 is 1.23 bits per heavy atom. The number of hydrogen-bond acceptors (Lipinski definition) is 6. The van der Waals surface area contributed by atoms with Crippen molar-refractivity contribution in [3.63, 3.8) is 0 Å². The summed E-state index contributed by atoms with van der Waals surface area (Å²) in [5, 5.41) is 12.8. The van der Waals surface area contributed by atoms with Gasteiger partial charge in [-0.15, -0.1) is 0 Å². The number of carbonyl (C=O) groups excluding carboxylic acids is 2. The molecule has 2 N–H and O–H groups in total. The first-order chi connectivity index (χ1) is 14.9. The molecular formula is C23H33N3O5. The van der Waals surface area contributed by atoms with Crippen molar-refractivity contribution in [1.29, 1.82) is 0 Å². The Morgan fingerprint density at radius 3 is 2.71 bits per heavy atom. The van der Waals surface area contributed by atoms with E-state index in [9.17, 15) is 14.7 Å². The van der Waals surface area contributed by atoms with Gasteiger partial charge in [0.05, 0.1) is 25.7 Å². The third kappa shape index (κ3) is 5.02. The van der Waals surface area contributed by atoms with E-state index in [0.29, 0.717) is 19.4 Å². The van der Waals surface area contributed by atoms with Crippen LogP contribution in [0.4, 0.5) is 5.69 Å². The van der Waals surface area contributed by atoms with E-state index in [1.165, 1.54) is 6.42 Å². The number of piperidine rings is 1. The van der Waals surface area contributed by atoms with Crippen LogP contribution in [0.3, 0.4) is 0 Å². The second kappa shape index (κ2) is 9.54. The van der Waals surface area contributed by atoms with Crippen LogP contribution in [-0.2, 0) is 14.3 Å². The number of hydrogen-bond donors (Lipinski definition) is 2. The maximum Gasteiger partial charge on any atom is 0.238 e. The summed E-state index contributed by atoms with van der Waals surface area (Å²) in [5.41, 5.74) is 1.73. The predicted molar refractivity (Wildman–Crippen MR) is 116 cm³/mol. The van der Waals surface area contributed by atoms with E-state index in [0.717, 1.165) is 42.9 Å². The molecule has 0 saturated carbocycles. The molecule has 2 saturated heterocycles. The molecule has 3 aliphatic heterocycles. The molecule has 2 amide bonds. The fraction of sp³-hybridized carbons (Fsp3) is 0.652. The fourth-order valence-electron chi connectivity index (χ4n) is 4.92. The lowest BCUT2D eigenvalue weighted by atomic mass is 9.84. The van der Waals surface area contributed by atoms with E-state index in [2.05, 4.69) is 5.32 Å². The number of anilines is 1. The van der Waals surface area contributed by atoms with Crippen LogP contribution in [0.1, 0.15) is 43.6 Å². The van der Waals surface area contributed by atoms with Gasteiger partial charge in [-0.2, -0.15) is 0 Å². The van der Waals surface area contributed by atoms with E-state index >= 15 is 0 Å². The maximum absolute atomic E-state index is 12.8. The van der Waals surface area contributed by atoms with Crippen LogP contribution in [0.25, 0.3) is 0 Å². The topological polar surface area (TPSA) is 91.3 Å². The SMILES string of the molecule is CN(C)CC(=O)Nc1ccc2c(c1)[C@@H]1C[C@@H](CC(=O)N3CCCCC3)O[C@H](CO)[C@@H]1O2. The largest absolute Gasteiger partial charge is 0.487 e. The highest BCUT2D eigenvalue weighted by Crippen LogP contribution is 2.47. The molecule has 3 heterocycles. The van der Waals surface area contributed by atoms with E-state index < -0.39 is 6.10 Å².